The van der Waals surface area contributed by atoms with Crippen LogP contribution in [0.5, 0.6) is 0 Å². The number of esters is 1. The topological polar surface area (TPSA) is 113 Å². The van der Waals surface area contributed by atoms with Gasteiger partial charge in [0.05, 0.1) is 11.3 Å². The average molecular weight is 252 g/mol. The summed E-state index contributed by atoms with van der Waals surface area (Å²) in [6, 6.07) is 5.82. The van der Waals surface area contributed by atoms with Crippen molar-refractivity contribution >= 4 is 17.6 Å². The summed E-state index contributed by atoms with van der Waals surface area (Å²) >= 11 is 0. The Hall–Kier alpha value is -2.44. The van der Waals surface area contributed by atoms with Gasteiger partial charge in [0.1, 0.15) is 0 Å². The van der Waals surface area contributed by atoms with E-state index in [4.69, 9.17) is 10.5 Å². The predicted octanol–water partition coefficient (Wildman–Crippen LogP) is 0.554. The maximum atomic E-state index is 11.4. The fraction of sp³-hybridized carbons (Fsp3) is 0.273. The van der Waals surface area contributed by atoms with Crippen molar-refractivity contribution in [3.05, 3.63) is 39.9 Å². The molecule has 1 aromatic carbocycles. The first-order chi connectivity index (χ1) is 8.41. The van der Waals surface area contributed by atoms with Gasteiger partial charge in [0.25, 0.3) is 11.6 Å². The highest BCUT2D eigenvalue weighted by Gasteiger charge is 2.19. The molecule has 0 aromatic heterocycles. The van der Waals surface area contributed by atoms with E-state index in [0.717, 1.165) is 0 Å². The number of hydrogen-bond acceptors (Lipinski definition) is 5. The Labute approximate surface area is 103 Å². The van der Waals surface area contributed by atoms with Crippen LogP contribution in [0.15, 0.2) is 24.3 Å². The second-order valence-corrected chi connectivity index (χ2v) is 3.60. The lowest BCUT2D eigenvalue weighted by Gasteiger charge is -2.09. The number of para-hydroxylation sites is 1. The number of nitrogens with two attached hydrogens (primary N) is 1. The van der Waals surface area contributed by atoms with Gasteiger partial charge in [0, 0.05) is 11.6 Å². The second kappa shape index (κ2) is 5.76. The van der Waals surface area contributed by atoms with Crippen molar-refractivity contribution in [3.8, 4) is 0 Å². The lowest BCUT2D eigenvalue weighted by Crippen LogP contribution is -2.31. The number of nitro groups is 1. The molecule has 0 unspecified atom stereocenters. The molecule has 2 N–H and O–H groups in total. The van der Waals surface area contributed by atoms with Crippen LogP contribution in [0.2, 0.25) is 0 Å². The molecular formula is C11H12N2O5. The van der Waals surface area contributed by atoms with Gasteiger partial charge in [-0.15, -0.1) is 0 Å². The summed E-state index contributed by atoms with van der Waals surface area (Å²) in [7, 11) is 0. The number of hydrogen-bond donors (Lipinski definition) is 1. The van der Waals surface area contributed by atoms with E-state index in [0.29, 0.717) is 0 Å². The first kappa shape index (κ1) is 13.6. The molecule has 96 valence electrons. The maximum absolute atomic E-state index is 11.4. The molecule has 0 radical (unpaired) electrons. The molecule has 0 aliphatic carbocycles. The van der Waals surface area contributed by atoms with Crippen LogP contribution in [0, 0.1) is 10.1 Å². The van der Waals surface area contributed by atoms with Crippen LogP contribution in [-0.4, -0.2) is 22.9 Å². The van der Waals surface area contributed by atoms with E-state index in [1.165, 1.54) is 25.1 Å². The zero-order valence-electron chi connectivity index (χ0n) is 9.66. The highest BCUT2D eigenvalue weighted by molar-refractivity contribution is 5.82. The minimum absolute atomic E-state index is 0.166. The molecule has 0 aliphatic rings. The molecule has 18 heavy (non-hydrogen) atoms. The monoisotopic (exact) mass is 252 g/mol. The van der Waals surface area contributed by atoms with E-state index in [9.17, 15) is 19.7 Å². The predicted molar refractivity (Wildman–Crippen MR) is 61.5 cm³/mol. The number of nitro benzene ring substituents is 1. The average Bonchev–Trinajstić information content (AvgIpc) is 2.28. The third-order valence-electron chi connectivity index (χ3n) is 2.23. The maximum Gasteiger partial charge on any atom is 0.311 e. The molecule has 1 rings (SSSR count). The molecule has 0 spiro atoms. The molecule has 0 heterocycles. The number of carbonyl (C=O) groups excluding carboxylic acids is 2. The van der Waals surface area contributed by atoms with Crippen molar-refractivity contribution in [2.24, 2.45) is 5.73 Å². The number of amides is 1. The van der Waals surface area contributed by atoms with E-state index >= 15 is 0 Å². The molecule has 0 saturated heterocycles. The number of benzene rings is 1. The van der Waals surface area contributed by atoms with Crippen LogP contribution in [0.3, 0.4) is 0 Å². The summed E-state index contributed by atoms with van der Waals surface area (Å²) in [4.78, 5) is 32.3. The van der Waals surface area contributed by atoms with Crippen molar-refractivity contribution in [1.82, 2.24) is 0 Å². The van der Waals surface area contributed by atoms with Crippen LogP contribution >= 0.6 is 0 Å². The minimum Gasteiger partial charge on any atom is -0.452 e. The molecule has 1 atom stereocenters. The van der Waals surface area contributed by atoms with Crippen molar-refractivity contribution in [2.75, 3.05) is 0 Å². The number of ether oxygens (including phenoxy) is 1. The van der Waals surface area contributed by atoms with Crippen LogP contribution < -0.4 is 5.73 Å². The van der Waals surface area contributed by atoms with Crippen molar-refractivity contribution in [1.29, 1.82) is 0 Å². The highest BCUT2D eigenvalue weighted by atomic mass is 16.6. The Morgan fingerprint density at radius 3 is 2.61 bits per heavy atom. The Morgan fingerprint density at radius 2 is 2.06 bits per heavy atom. The second-order valence-electron chi connectivity index (χ2n) is 3.60. The van der Waals surface area contributed by atoms with Gasteiger partial charge in [0.2, 0.25) is 0 Å². The molecule has 0 aliphatic heterocycles. The largest absolute Gasteiger partial charge is 0.452 e. The quantitative estimate of drug-likeness (QED) is 0.467. The van der Waals surface area contributed by atoms with Crippen LogP contribution in [-0.2, 0) is 20.7 Å². The lowest BCUT2D eigenvalue weighted by molar-refractivity contribution is -0.385. The SMILES string of the molecule is C[C@H](OC(=O)Cc1ccccc1[N+](=O)[O-])C(N)=O. The third kappa shape index (κ3) is 3.55. The Balaban J connectivity index is 2.76. The summed E-state index contributed by atoms with van der Waals surface area (Å²) in [5, 5.41) is 10.7. The molecule has 7 nitrogen and oxygen atoms in total. The standard InChI is InChI=1S/C11H12N2O5/c1-7(11(12)15)18-10(14)6-8-4-2-3-5-9(8)13(16)17/h2-5,7H,6H2,1H3,(H2,12,15)/t7-/m0/s1. The van der Waals surface area contributed by atoms with Gasteiger partial charge < -0.3 is 10.5 Å². The molecule has 1 aromatic rings. The molecule has 0 fully saturated rings. The van der Waals surface area contributed by atoms with Gasteiger partial charge in [-0.05, 0) is 6.92 Å². The summed E-state index contributed by atoms with van der Waals surface area (Å²) in [6.45, 7) is 1.33. The Kier molecular flexibility index (Phi) is 4.36. The number of primary amides is 1. The molecule has 1 amide bonds. The highest BCUT2D eigenvalue weighted by Crippen LogP contribution is 2.18. The first-order valence-electron chi connectivity index (χ1n) is 5.13. The lowest BCUT2D eigenvalue weighted by atomic mass is 10.1. The summed E-state index contributed by atoms with van der Waals surface area (Å²) < 4.78 is 4.71. The number of carbonyl (C=O) groups is 2. The smallest absolute Gasteiger partial charge is 0.311 e. The Morgan fingerprint density at radius 1 is 1.44 bits per heavy atom. The number of nitrogens with zero attached hydrogens (tertiary/aromatic N) is 1. The first-order valence-corrected chi connectivity index (χ1v) is 5.13. The van der Waals surface area contributed by atoms with E-state index in [1.807, 2.05) is 0 Å². The van der Waals surface area contributed by atoms with Crippen molar-refractivity contribution in [2.45, 2.75) is 19.4 Å². The number of rotatable bonds is 5. The van der Waals surface area contributed by atoms with E-state index < -0.39 is 22.9 Å². The van der Waals surface area contributed by atoms with Gasteiger partial charge >= 0.3 is 5.97 Å². The van der Waals surface area contributed by atoms with Gasteiger partial charge in [-0.2, -0.15) is 0 Å². The van der Waals surface area contributed by atoms with Gasteiger partial charge in [0.15, 0.2) is 6.10 Å². The fourth-order valence-electron chi connectivity index (χ4n) is 1.29. The van der Waals surface area contributed by atoms with Crippen LogP contribution in [0.1, 0.15) is 12.5 Å². The van der Waals surface area contributed by atoms with Crippen LogP contribution in [0.25, 0.3) is 0 Å². The van der Waals surface area contributed by atoms with Gasteiger partial charge in [-0.1, -0.05) is 18.2 Å². The zero-order valence-corrected chi connectivity index (χ0v) is 9.66. The zero-order chi connectivity index (χ0) is 13.7. The van der Waals surface area contributed by atoms with Crippen molar-refractivity contribution in [3.63, 3.8) is 0 Å². The molecule has 0 saturated carbocycles. The summed E-state index contributed by atoms with van der Waals surface area (Å²) in [6.07, 6.45) is -1.34. The Bertz CT molecular complexity index is 486. The van der Waals surface area contributed by atoms with Crippen molar-refractivity contribution < 1.29 is 19.2 Å². The summed E-state index contributed by atoms with van der Waals surface area (Å²) in [5.41, 5.74) is 4.99. The van der Waals surface area contributed by atoms with E-state index in [1.54, 1.807) is 6.07 Å². The molecule has 0 bridgehead atoms. The van der Waals surface area contributed by atoms with E-state index in [2.05, 4.69) is 0 Å². The van der Waals surface area contributed by atoms with E-state index in [-0.39, 0.29) is 17.7 Å². The fourth-order valence-corrected chi connectivity index (χ4v) is 1.29. The van der Waals surface area contributed by atoms with Crippen LogP contribution in [0.4, 0.5) is 5.69 Å². The normalized spacial score (nSPS) is 11.6. The molecule has 7 heteroatoms. The van der Waals surface area contributed by atoms with Gasteiger partial charge in [-0.25, -0.2) is 0 Å². The molecular weight excluding hydrogens is 240 g/mol. The minimum atomic E-state index is -1.06. The third-order valence-corrected chi connectivity index (χ3v) is 2.23. The summed E-state index contributed by atoms with van der Waals surface area (Å²) in [5.74, 6) is -1.51. The van der Waals surface area contributed by atoms with Gasteiger partial charge in [-0.3, -0.25) is 19.7 Å².